The maximum absolute atomic E-state index is 11.7. The number of carbonyl (C=O) groups excluding carboxylic acids is 1. The molecule has 0 radical (unpaired) electrons. The van der Waals surface area contributed by atoms with Crippen molar-refractivity contribution in [3.05, 3.63) is 71.3 Å². The van der Waals surface area contributed by atoms with Crippen LogP contribution in [0.3, 0.4) is 0 Å². The lowest BCUT2D eigenvalue weighted by Crippen LogP contribution is -2.39. The summed E-state index contributed by atoms with van der Waals surface area (Å²) >= 11 is 0. The van der Waals surface area contributed by atoms with Gasteiger partial charge in [0.15, 0.2) is 0 Å². The zero-order valence-corrected chi connectivity index (χ0v) is 12.7. The van der Waals surface area contributed by atoms with Gasteiger partial charge in [-0.15, -0.1) is 0 Å². The Labute approximate surface area is 135 Å². The average molecular weight is 309 g/mol. The van der Waals surface area contributed by atoms with Crippen LogP contribution in [0.5, 0.6) is 0 Å². The van der Waals surface area contributed by atoms with Gasteiger partial charge in [0.2, 0.25) is 0 Å². The van der Waals surface area contributed by atoms with Crippen molar-refractivity contribution in [2.45, 2.75) is 19.1 Å². The van der Waals surface area contributed by atoms with E-state index in [0.29, 0.717) is 18.5 Å². The lowest BCUT2D eigenvalue weighted by Gasteiger charge is -2.13. The van der Waals surface area contributed by atoms with Gasteiger partial charge in [0.05, 0.1) is 17.7 Å². The minimum absolute atomic E-state index is 0.189. The largest absolute Gasteiger partial charge is 0.391 e. The van der Waals surface area contributed by atoms with Crippen LogP contribution < -0.4 is 10.6 Å². The quantitative estimate of drug-likeness (QED) is 0.762. The summed E-state index contributed by atoms with van der Waals surface area (Å²) in [5.41, 5.74) is 2.52. The number of aliphatic hydroxyl groups excluding tert-OH is 1. The minimum atomic E-state index is -0.627. The fourth-order valence-corrected chi connectivity index (χ4v) is 2.11. The molecule has 0 saturated heterocycles. The lowest BCUT2D eigenvalue weighted by atomic mass is 10.1. The van der Waals surface area contributed by atoms with E-state index in [1.54, 1.807) is 24.3 Å². The van der Waals surface area contributed by atoms with Gasteiger partial charge in [0, 0.05) is 19.5 Å². The van der Waals surface area contributed by atoms with Gasteiger partial charge in [-0.05, 0) is 23.3 Å². The fourth-order valence-electron chi connectivity index (χ4n) is 2.11. The predicted octanol–water partition coefficient (Wildman–Crippen LogP) is 1.96. The van der Waals surface area contributed by atoms with Crippen LogP contribution >= 0.6 is 0 Å². The Morgan fingerprint density at radius 1 is 1.04 bits per heavy atom. The topological polar surface area (TPSA) is 85.2 Å². The molecule has 0 aliphatic heterocycles. The number of rotatable bonds is 6. The van der Waals surface area contributed by atoms with Gasteiger partial charge in [0.25, 0.3) is 0 Å². The first-order valence-corrected chi connectivity index (χ1v) is 7.40. The van der Waals surface area contributed by atoms with Crippen LogP contribution in [0, 0.1) is 11.3 Å². The van der Waals surface area contributed by atoms with Gasteiger partial charge in [-0.2, -0.15) is 5.26 Å². The molecule has 1 atom stereocenters. The smallest absolute Gasteiger partial charge is 0.315 e. The number of nitrogens with one attached hydrogen (secondary N) is 2. The second-order valence-corrected chi connectivity index (χ2v) is 5.22. The molecule has 2 aromatic carbocycles. The van der Waals surface area contributed by atoms with Crippen LogP contribution in [0.1, 0.15) is 16.7 Å². The summed E-state index contributed by atoms with van der Waals surface area (Å²) in [7, 11) is 0. The molecule has 5 heteroatoms. The van der Waals surface area contributed by atoms with Crippen molar-refractivity contribution in [1.29, 1.82) is 5.26 Å². The SMILES string of the molecule is N#Cc1ccc(CNC(=O)NCC(O)Cc2ccccc2)cc1. The molecule has 0 aromatic heterocycles. The predicted molar refractivity (Wildman–Crippen MR) is 87.5 cm³/mol. The zero-order valence-electron chi connectivity index (χ0n) is 12.7. The van der Waals surface area contributed by atoms with Gasteiger partial charge < -0.3 is 15.7 Å². The number of carbonyl (C=O) groups is 1. The molecule has 0 saturated carbocycles. The number of amides is 2. The number of nitriles is 1. The van der Waals surface area contributed by atoms with E-state index in [-0.39, 0.29) is 12.6 Å². The molecule has 0 fully saturated rings. The van der Waals surface area contributed by atoms with Gasteiger partial charge >= 0.3 is 6.03 Å². The lowest BCUT2D eigenvalue weighted by molar-refractivity contribution is 0.170. The van der Waals surface area contributed by atoms with Crippen molar-refractivity contribution in [1.82, 2.24) is 10.6 Å². The van der Waals surface area contributed by atoms with Crippen LogP contribution in [-0.2, 0) is 13.0 Å². The summed E-state index contributed by atoms with van der Waals surface area (Å²) in [6.07, 6.45) is -0.130. The highest BCUT2D eigenvalue weighted by Gasteiger charge is 2.07. The Bertz CT molecular complexity index is 663. The Kier molecular flexibility index (Phi) is 6.16. The summed E-state index contributed by atoms with van der Waals surface area (Å²) in [5, 5.41) is 24.0. The van der Waals surface area contributed by atoms with Crippen LogP contribution in [-0.4, -0.2) is 23.8 Å². The minimum Gasteiger partial charge on any atom is -0.391 e. The standard InChI is InChI=1S/C18H19N3O2/c19-11-15-6-8-16(9-7-15)12-20-18(23)21-13-17(22)10-14-4-2-1-3-5-14/h1-9,17,22H,10,12-13H2,(H2,20,21,23). The number of aliphatic hydroxyl groups is 1. The van der Waals surface area contributed by atoms with Gasteiger partial charge in [-0.1, -0.05) is 42.5 Å². The van der Waals surface area contributed by atoms with E-state index in [2.05, 4.69) is 10.6 Å². The second-order valence-electron chi connectivity index (χ2n) is 5.22. The Morgan fingerprint density at radius 3 is 2.39 bits per heavy atom. The van der Waals surface area contributed by atoms with Crippen molar-refractivity contribution in [3.8, 4) is 6.07 Å². The molecule has 23 heavy (non-hydrogen) atoms. The molecule has 2 rings (SSSR count). The summed E-state index contributed by atoms with van der Waals surface area (Å²) < 4.78 is 0. The van der Waals surface area contributed by atoms with E-state index in [1.165, 1.54) is 0 Å². The van der Waals surface area contributed by atoms with Gasteiger partial charge in [-0.3, -0.25) is 0 Å². The molecule has 2 amide bonds. The Hall–Kier alpha value is -2.84. The molecule has 0 aliphatic rings. The maximum atomic E-state index is 11.7. The van der Waals surface area contributed by atoms with Crippen molar-refractivity contribution in [2.24, 2.45) is 0 Å². The molecule has 0 spiro atoms. The molecular weight excluding hydrogens is 290 g/mol. The molecule has 0 heterocycles. The summed E-state index contributed by atoms with van der Waals surface area (Å²) in [5.74, 6) is 0. The molecule has 0 bridgehead atoms. The molecule has 2 aromatic rings. The van der Waals surface area contributed by atoms with Gasteiger partial charge in [0.1, 0.15) is 0 Å². The highest BCUT2D eigenvalue weighted by atomic mass is 16.3. The van der Waals surface area contributed by atoms with Gasteiger partial charge in [-0.25, -0.2) is 4.79 Å². The van der Waals surface area contributed by atoms with Crippen molar-refractivity contribution in [3.63, 3.8) is 0 Å². The van der Waals surface area contributed by atoms with Crippen molar-refractivity contribution in [2.75, 3.05) is 6.54 Å². The molecule has 118 valence electrons. The monoisotopic (exact) mass is 309 g/mol. The highest BCUT2D eigenvalue weighted by Crippen LogP contribution is 2.03. The number of hydrogen-bond acceptors (Lipinski definition) is 3. The van der Waals surface area contributed by atoms with Crippen molar-refractivity contribution < 1.29 is 9.90 Å². The molecule has 5 nitrogen and oxygen atoms in total. The molecule has 1 unspecified atom stereocenters. The van der Waals surface area contributed by atoms with Crippen LogP contribution in [0.2, 0.25) is 0 Å². The Morgan fingerprint density at radius 2 is 1.74 bits per heavy atom. The third kappa shape index (κ3) is 5.81. The summed E-state index contributed by atoms with van der Waals surface area (Å²) in [4.78, 5) is 11.7. The Balaban J connectivity index is 1.69. The van der Waals surface area contributed by atoms with Crippen molar-refractivity contribution >= 4 is 6.03 Å². The first-order valence-electron chi connectivity index (χ1n) is 7.40. The number of nitrogens with zero attached hydrogens (tertiary/aromatic N) is 1. The van der Waals surface area contributed by atoms with Crippen LogP contribution in [0.4, 0.5) is 4.79 Å². The van der Waals surface area contributed by atoms with Crippen LogP contribution in [0.25, 0.3) is 0 Å². The van der Waals surface area contributed by atoms with Crippen LogP contribution in [0.15, 0.2) is 54.6 Å². The maximum Gasteiger partial charge on any atom is 0.315 e. The average Bonchev–Trinajstić information content (AvgIpc) is 2.59. The van der Waals surface area contributed by atoms with E-state index in [4.69, 9.17) is 5.26 Å². The molecule has 0 aliphatic carbocycles. The number of benzene rings is 2. The first-order chi connectivity index (χ1) is 11.2. The normalized spacial score (nSPS) is 11.3. The highest BCUT2D eigenvalue weighted by molar-refractivity contribution is 5.73. The zero-order chi connectivity index (χ0) is 16.5. The van der Waals surface area contributed by atoms with E-state index in [9.17, 15) is 9.90 Å². The first kappa shape index (κ1) is 16.5. The number of urea groups is 1. The molecule has 3 N–H and O–H groups in total. The third-order valence-electron chi connectivity index (χ3n) is 3.35. The fraction of sp³-hybridized carbons (Fsp3) is 0.222. The third-order valence-corrected chi connectivity index (χ3v) is 3.35. The van der Waals surface area contributed by atoms with E-state index < -0.39 is 6.10 Å². The van der Waals surface area contributed by atoms with E-state index >= 15 is 0 Å². The summed E-state index contributed by atoms with van der Waals surface area (Å²) in [6.45, 7) is 0.556. The number of hydrogen-bond donors (Lipinski definition) is 3. The second kappa shape index (κ2) is 8.57. The summed E-state index contributed by atoms with van der Waals surface area (Å²) in [6, 6.07) is 18.3. The van der Waals surface area contributed by atoms with E-state index in [0.717, 1.165) is 11.1 Å². The molecular formula is C18H19N3O2. The van der Waals surface area contributed by atoms with E-state index in [1.807, 2.05) is 36.4 Å².